The highest BCUT2D eigenvalue weighted by Crippen LogP contribution is 2.39. The molecule has 0 bridgehead atoms. The smallest absolute Gasteiger partial charge is 0.220 e. The molecule has 0 heterocycles. The van der Waals surface area contributed by atoms with Gasteiger partial charge in [0.25, 0.3) is 0 Å². The van der Waals surface area contributed by atoms with Gasteiger partial charge in [0.05, 0.1) is 5.60 Å². The van der Waals surface area contributed by atoms with E-state index >= 15 is 0 Å². The number of hydrogen-bond donors (Lipinski definition) is 2. The van der Waals surface area contributed by atoms with E-state index in [0.29, 0.717) is 24.3 Å². The zero-order chi connectivity index (χ0) is 16.3. The van der Waals surface area contributed by atoms with Crippen LogP contribution >= 0.6 is 0 Å². The Morgan fingerprint density at radius 2 is 1.71 bits per heavy atom. The SMILES string of the molecule is CC(CC(=O)NCC1(O)CCC(C)(C)CC1)CC(C)(C)C. The zero-order valence-corrected chi connectivity index (χ0v) is 14.9. The fourth-order valence-electron chi connectivity index (χ4n) is 3.34. The van der Waals surface area contributed by atoms with Crippen LogP contribution in [0.4, 0.5) is 0 Å². The van der Waals surface area contributed by atoms with Gasteiger partial charge in [-0.25, -0.2) is 0 Å². The van der Waals surface area contributed by atoms with Crippen LogP contribution in [0.25, 0.3) is 0 Å². The van der Waals surface area contributed by atoms with E-state index in [1.807, 2.05) is 0 Å². The van der Waals surface area contributed by atoms with Gasteiger partial charge in [-0.2, -0.15) is 0 Å². The standard InChI is InChI=1S/C18H35NO2/c1-14(12-16(2,3)4)11-15(20)19-13-18(21)9-7-17(5,6)8-10-18/h14,21H,7-13H2,1-6H3,(H,19,20). The highest BCUT2D eigenvalue weighted by Gasteiger charge is 2.36. The Hall–Kier alpha value is -0.570. The number of carbonyl (C=O) groups is 1. The van der Waals surface area contributed by atoms with Gasteiger partial charge in [-0.3, -0.25) is 4.79 Å². The van der Waals surface area contributed by atoms with Crippen LogP contribution in [-0.4, -0.2) is 23.2 Å². The van der Waals surface area contributed by atoms with Crippen LogP contribution in [-0.2, 0) is 4.79 Å². The molecule has 1 atom stereocenters. The Balaban J connectivity index is 2.33. The van der Waals surface area contributed by atoms with Crippen LogP contribution in [0, 0.1) is 16.7 Å². The van der Waals surface area contributed by atoms with Crippen molar-refractivity contribution in [1.29, 1.82) is 0 Å². The molecule has 0 aromatic carbocycles. The van der Waals surface area contributed by atoms with Crippen molar-refractivity contribution < 1.29 is 9.90 Å². The Bertz CT molecular complexity index is 345. The lowest BCUT2D eigenvalue weighted by atomic mass is 9.71. The summed E-state index contributed by atoms with van der Waals surface area (Å²) in [5.74, 6) is 0.454. The lowest BCUT2D eigenvalue weighted by Crippen LogP contribution is -2.46. The minimum absolute atomic E-state index is 0.0741. The number of carbonyl (C=O) groups excluding carboxylic acids is 1. The molecule has 0 saturated heterocycles. The monoisotopic (exact) mass is 297 g/mol. The summed E-state index contributed by atoms with van der Waals surface area (Å²) < 4.78 is 0. The normalized spacial score (nSPS) is 22.6. The number of amides is 1. The van der Waals surface area contributed by atoms with Crippen molar-refractivity contribution in [3.63, 3.8) is 0 Å². The van der Waals surface area contributed by atoms with Gasteiger partial charge in [-0.1, -0.05) is 41.5 Å². The average Bonchev–Trinajstić information content (AvgIpc) is 2.29. The van der Waals surface area contributed by atoms with Crippen LogP contribution in [0.1, 0.15) is 80.1 Å². The molecule has 0 aromatic rings. The Kier molecular flexibility index (Phi) is 5.88. The molecule has 1 unspecified atom stereocenters. The van der Waals surface area contributed by atoms with Gasteiger partial charge >= 0.3 is 0 Å². The minimum Gasteiger partial charge on any atom is -0.388 e. The number of aliphatic hydroxyl groups is 1. The second kappa shape index (κ2) is 6.68. The third-order valence-corrected chi connectivity index (χ3v) is 4.64. The number of rotatable bonds is 5. The molecule has 1 fully saturated rings. The summed E-state index contributed by atoms with van der Waals surface area (Å²) in [5.41, 5.74) is -0.108. The van der Waals surface area contributed by atoms with E-state index in [2.05, 4.69) is 46.9 Å². The van der Waals surface area contributed by atoms with Gasteiger partial charge in [-0.15, -0.1) is 0 Å². The van der Waals surface area contributed by atoms with Gasteiger partial charge < -0.3 is 10.4 Å². The van der Waals surface area contributed by atoms with Crippen LogP contribution < -0.4 is 5.32 Å². The molecule has 1 aliphatic rings. The first-order valence-corrected chi connectivity index (χ1v) is 8.40. The summed E-state index contributed by atoms with van der Waals surface area (Å²) in [6.07, 6.45) is 5.23. The highest BCUT2D eigenvalue weighted by atomic mass is 16.3. The molecule has 1 saturated carbocycles. The maximum atomic E-state index is 12.0. The lowest BCUT2D eigenvalue weighted by Gasteiger charge is -2.40. The molecular formula is C18H35NO2. The molecule has 2 N–H and O–H groups in total. The van der Waals surface area contributed by atoms with Crippen LogP contribution in [0.15, 0.2) is 0 Å². The molecule has 1 aliphatic carbocycles. The predicted octanol–water partition coefficient (Wildman–Crippen LogP) is 3.90. The molecule has 0 radical (unpaired) electrons. The Labute approximate surface area is 130 Å². The molecule has 3 nitrogen and oxygen atoms in total. The molecule has 0 aliphatic heterocycles. The summed E-state index contributed by atoms with van der Waals surface area (Å²) in [7, 11) is 0. The summed E-state index contributed by atoms with van der Waals surface area (Å²) in [5, 5.41) is 13.5. The number of hydrogen-bond acceptors (Lipinski definition) is 2. The molecule has 0 spiro atoms. The average molecular weight is 297 g/mol. The quantitative estimate of drug-likeness (QED) is 0.808. The Morgan fingerprint density at radius 3 is 2.19 bits per heavy atom. The van der Waals surface area contributed by atoms with E-state index in [1.54, 1.807) is 0 Å². The maximum absolute atomic E-state index is 12.0. The molecule has 124 valence electrons. The fourth-order valence-corrected chi connectivity index (χ4v) is 3.34. The van der Waals surface area contributed by atoms with E-state index in [1.165, 1.54) is 0 Å². The third-order valence-electron chi connectivity index (χ3n) is 4.64. The molecule has 21 heavy (non-hydrogen) atoms. The van der Waals surface area contributed by atoms with Crippen molar-refractivity contribution >= 4 is 5.91 Å². The van der Waals surface area contributed by atoms with Gasteiger partial charge in [-0.05, 0) is 48.9 Å². The third kappa shape index (κ3) is 7.30. The summed E-state index contributed by atoms with van der Waals surface area (Å²) in [4.78, 5) is 12.0. The highest BCUT2D eigenvalue weighted by molar-refractivity contribution is 5.76. The molecule has 1 rings (SSSR count). The zero-order valence-electron chi connectivity index (χ0n) is 14.9. The Morgan fingerprint density at radius 1 is 1.19 bits per heavy atom. The van der Waals surface area contributed by atoms with E-state index < -0.39 is 5.60 Å². The summed E-state index contributed by atoms with van der Waals surface area (Å²) in [6, 6.07) is 0. The van der Waals surface area contributed by atoms with Crippen molar-refractivity contribution in [2.75, 3.05) is 6.54 Å². The van der Waals surface area contributed by atoms with E-state index in [4.69, 9.17) is 0 Å². The van der Waals surface area contributed by atoms with Gasteiger partial charge in [0.1, 0.15) is 0 Å². The van der Waals surface area contributed by atoms with Crippen LogP contribution in [0.2, 0.25) is 0 Å². The second-order valence-electron chi connectivity index (χ2n) is 9.24. The summed E-state index contributed by atoms with van der Waals surface area (Å²) in [6.45, 7) is 13.6. The van der Waals surface area contributed by atoms with Gasteiger partial charge in [0, 0.05) is 13.0 Å². The lowest BCUT2D eigenvalue weighted by molar-refractivity contribution is -0.124. The topological polar surface area (TPSA) is 49.3 Å². The second-order valence-corrected chi connectivity index (χ2v) is 9.24. The molecule has 1 amide bonds. The van der Waals surface area contributed by atoms with Crippen LogP contribution in [0.5, 0.6) is 0 Å². The van der Waals surface area contributed by atoms with E-state index in [0.717, 1.165) is 32.1 Å². The number of nitrogens with one attached hydrogen (secondary N) is 1. The van der Waals surface area contributed by atoms with Gasteiger partial charge in [0.2, 0.25) is 5.91 Å². The van der Waals surface area contributed by atoms with Crippen molar-refractivity contribution in [2.45, 2.75) is 85.7 Å². The first-order valence-electron chi connectivity index (χ1n) is 8.40. The first kappa shape index (κ1) is 18.5. The molecular weight excluding hydrogens is 262 g/mol. The van der Waals surface area contributed by atoms with Crippen molar-refractivity contribution in [2.24, 2.45) is 16.7 Å². The fraction of sp³-hybridized carbons (Fsp3) is 0.944. The summed E-state index contributed by atoms with van der Waals surface area (Å²) >= 11 is 0. The first-order chi connectivity index (χ1) is 9.41. The van der Waals surface area contributed by atoms with E-state index in [-0.39, 0.29) is 11.3 Å². The molecule has 3 heteroatoms. The van der Waals surface area contributed by atoms with Gasteiger partial charge in [0.15, 0.2) is 0 Å². The largest absolute Gasteiger partial charge is 0.388 e. The molecule has 0 aromatic heterocycles. The minimum atomic E-state index is -0.696. The maximum Gasteiger partial charge on any atom is 0.220 e. The van der Waals surface area contributed by atoms with E-state index in [9.17, 15) is 9.90 Å². The van der Waals surface area contributed by atoms with Crippen molar-refractivity contribution in [3.8, 4) is 0 Å². The predicted molar refractivity (Wildman–Crippen MR) is 88.1 cm³/mol. The van der Waals surface area contributed by atoms with Crippen molar-refractivity contribution in [3.05, 3.63) is 0 Å². The van der Waals surface area contributed by atoms with Crippen molar-refractivity contribution in [1.82, 2.24) is 5.32 Å². The van der Waals surface area contributed by atoms with Crippen LogP contribution in [0.3, 0.4) is 0 Å².